The van der Waals surface area contributed by atoms with Crippen LogP contribution in [-0.4, -0.2) is 30.1 Å². The molecule has 0 radical (unpaired) electrons. The van der Waals surface area contributed by atoms with Crippen LogP contribution in [0.2, 0.25) is 0 Å². The minimum atomic E-state index is -2.83. The van der Waals surface area contributed by atoms with E-state index in [-0.39, 0.29) is 38.9 Å². The van der Waals surface area contributed by atoms with Crippen molar-refractivity contribution in [3.63, 3.8) is 0 Å². The van der Waals surface area contributed by atoms with Crippen LogP contribution in [0, 0.1) is 0 Å². The second kappa shape index (κ2) is 10.0. The molecule has 30 heavy (non-hydrogen) atoms. The summed E-state index contributed by atoms with van der Waals surface area (Å²) in [5.41, 5.74) is 1.53. The lowest BCUT2D eigenvalue weighted by molar-refractivity contribution is -0.138. The highest BCUT2D eigenvalue weighted by Gasteiger charge is 2.27. The number of pyridine rings is 1. The van der Waals surface area contributed by atoms with E-state index in [2.05, 4.69) is 11.6 Å². The molecule has 2 heterocycles. The number of nitrogens with zero attached hydrogens (tertiary/aromatic N) is 1. The summed E-state index contributed by atoms with van der Waals surface area (Å²) in [6, 6.07) is 11.1. The predicted octanol–water partition coefficient (Wildman–Crippen LogP) is 5.80. The number of carbonyl (C=O) groups excluding carboxylic acids is 1. The number of furan rings is 1. The molecule has 0 saturated carbocycles. The zero-order valence-electron chi connectivity index (χ0n) is 16.5. The Bertz CT molecular complexity index is 985. The van der Waals surface area contributed by atoms with Crippen LogP contribution in [0.5, 0.6) is 5.75 Å². The Labute approximate surface area is 173 Å². The van der Waals surface area contributed by atoms with E-state index in [1.54, 1.807) is 24.5 Å². The van der Waals surface area contributed by atoms with Gasteiger partial charge in [0.05, 0.1) is 13.2 Å². The molecular weight excluding hydrogens is 392 g/mol. The van der Waals surface area contributed by atoms with Crippen LogP contribution in [0.25, 0.3) is 22.3 Å². The highest BCUT2D eigenvalue weighted by atomic mass is 19.3. The number of alkyl halides is 2. The van der Waals surface area contributed by atoms with Gasteiger partial charge in [-0.15, -0.1) is 0 Å². The largest absolute Gasteiger partial charge is 0.493 e. The minimum absolute atomic E-state index is 0.0405. The average molecular weight is 415 g/mol. The Morgan fingerprint density at radius 3 is 2.70 bits per heavy atom. The molecule has 0 bridgehead atoms. The molecule has 0 saturated heterocycles. The molecule has 7 heteroatoms. The molecular formula is C23H23F2NO4. The lowest BCUT2D eigenvalue weighted by Gasteiger charge is -2.16. The monoisotopic (exact) mass is 415 g/mol. The topological polar surface area (TPSA) is 61.6 Å². The van der Waals surface area contributed by atoms with Crippen molar-refractivity contribution in [2.24, 2.45) is 0 Å². The molecule has 0 fully saturated rings. The molecule has 0 unspecified atom stereocenters. The van der Waals surface area contributed by atoms with Crippen molar-refractivity contribution in [1.29, 1.82) is 0 Å². The number of hydrogen-bond acceptors (Lipinski definition) is 5. The predicted molar refractivity (Wildman–Crippen MR) is 110 cm³/mol. The van der Waals surface area contributed by atoms with E-state index in [0.717, 1.165) is 17.0 Å². The van der Waals surface area contributed by atoms with Gasteiger partial charge in [0.15, 0.2) is 0 Å². The zero-order chi connectivity index (χ0) is 21.4. The third-order valence-electron chi connectivity index (χ3n) is 4.49. The maximum absolute atomic E-state index is 13.9. The Morgan fingerprint density at radius 2 is 1.97 bits per heavy atom. The molecule has 0 aliphatic carbocycles. The number of halogens is 2. The number of ether oxygens (including phenoxy) is 2. The van der Waals surface area contributed by atoms with Crippen molar-refractivity contribution in [3.8, 4) is 17.1 Å². The molecule has 3 rings (SSSR count). The summed E-state index contributed by atoms with van der Waals surface area (Å²) in [6.45, 7) is 3.38. The quantitative estimate of drug-likeness (QED) is 0.225. The van der Waals surface area contributed by atoms with Crippen LogP contribution in [0.4, 0.5) is 8.78 Å². The molecule has 0 aliphatic heterocycles. The molecule has 158 valence electrons. The maximum atomic E-state index is 13.9. The Hall–Kier alpha value is -3.22. The minimum Gasteiger partial charge on any atom is -0.493 e. The van der Waals surface area contributed by atoms with Gasteiger partial charge >= 0.3 is 5.97 Å². The second-order valence-electron chi connectivity index (χ2n) is 6.84. The van der Waals surface area contributed by atoms with Gasteiger partial charge in [0.25, 0.3) is 0 Å². The van der Waals surface area contributed by atoms with Gasteiger partial charge in [-0.25, -0.2) is 13.6 Å². The van der Waals surface area contributed by atoms with Gasteiger partial charge in [0, 0.05) is 48.3 Å². The van der Waals surface area contributed by atoms with Gasteiger partial charge in [-0.3, -0.25) is 4.98 Å². The van der Waals surface area contributed by atoms with E-state index in [9.17, 15) is 13.6 Å². The van der Waals surface area contributed by atoms with Gasteiger partial charge in [0.1, 0.15) is 17.1 Å². The number of esters is 1. The number of fused-ring (bicyclic) bond motifs is 1. The summed E-state index contributed by atoms with van der Waals surface area (Å²) in [5.74, 6) is -2.16. The molecule has 1 aromatic carbocycles. The number of rotatable bonds is 11. The van der Waals surface area contributed by atoms with Crippen molar-refractivity contribution in [2.75, 3.05) is 13.2 Å². The Kier molecular flexibility index (Phi) is 7.17. The first kappa shape index (κ1) is 21.5. The molecule has 2 aromatic heterocycles. The van der Waals surface area contributed by atoms with E-state index < -0.39 is 11.9 Å². The first-order valence-electron chi connectivity index (χ1n) is 9.71. The van der Waals surface area contributed by atoms with Crippen molar-refractivity contribution < 1.29 is 27.5 Å². The molecule has 3 aromatic rings. The number of benzene rings is 1. The van der Waals surface area contributed by atoms with Crippen LogP contribution < -0.4 is 4.74 Å². The molecule has 0 aliphatic rings. The van der Waals surface area contributed by atoms with Gasteiger partial charge in [-0.05, 0) is 43.2 Å². The van der Waals surface area contributed by atoms with Gasteiger partial charge in [-0.2, -0.15) is 0 Å². The summed E-state index contributed by atoms with van der Waals surface area (Å²) in [4.78, 5) is 15.0. The fourth-order valence-electron chi connectivity index (χ4n) is 2.96. The van der Waals surface area contributed by atoms with Crippen LogP contribution >= 0.6 is 0 Å². The summed E-state index contributed by atoms with van der Waals surface area (Å²) in [5, 5.41) is 0.921. The SMILES string of the molecule is C=CC(=O)OCCCC(F)(F)CCCOc1ccc2cc(-c3cccnc3)oc2c1. The van der Waals surface area contributed by atoms with E-state index in [4.69, 9.17) is 13.9 Å². The summed E-state index contributed by atoms with van der Waals surface area (Å²) >= 11 is 0. The normalized spacial score (nSPS) is 11.4. The fraction of sp³-hybridized carbons (Fsp3) is 0.304. The Balaban J connectivity index is 1.45. The van der Waals surface area contributed by atoms with Crippen LogP contribution in [-0.2, 0) is 9.53 Å². The molecule has 0 atom stereocenters. The van der Waals surface area contributed by atoms with Crippen molar-refractivity contribution in [1.82, 2.24) is 4.98 Å². The first-order chi connectivity index (χ1) is 14.5. The van der Waals surface area contributed by atoms with E-state index in [0.29, 0.717) is 17.1 Å². The van der Waals surface area contributed by atoms with E-state index in [1.165, 1.54) is 0 Å². The second-order valence-corrected chi connectivity index (χ2v) is 6.84. The third-order valence-corrected chi connectivity index (χ3v) is 4.49. The highest BCUT2D eigenvalue weighted by Crippen LogP contribution is 2.30. The maximum Gasteiger partial charge on any atom is 0.330 e. The van der Waals surface area contributed by atoms with E-state index >= 15 is 0 Å². The van der Waals surface area contributed by atoms with Gasteiger partial charge < -0.3 is 13.9 Å². The lowest BCUT2D eigenvalue weighted by atomic mass is 10.1. The van der Waals surface area contributed by atoms with Crippen molar-refractivity contribution in [2.45, 2.75) is 31.6 Å². The van der Waals surface area contributed by atoms with Crippen molar-refractivity contribution in [3.05, 3.63) is 61.4 Å². The van der Waals surface area contributed by atoms with Gasteiger partial charge in [-0.1, -0.05) is 6.58 Å². The highest BCUT2D eigenvalue weighted by molar-refractivity contribution is 5.83. The number of carbonyl (C=O) groups is 1. The lowest BCUT2D eigenvalue weighted by Crippen LogP contribution is -2.18. The fourth-order valence-corrected chi connectivity index (χ4v) is 2.96. The Morgan fingerprint density at radius 1 is 1.17 bits per heavy atom. The molecule has 0 spiro atoms. The van der Waals surface area contributed by atoms with Crippen LogP contribution in [0.15, 0.2) is 65.9 Å². The average Bonchev–Trinajstić information content (AvgIpc) is 3.18. The summed E-state index contributed by atoms with van der Waals surface area (Å²) in [6.07, 6.45) is 4.09. The van der Waals surface area contributed by atoms with Crippen molar-refractivity contribution >= 4 is 16.9 Å². The van der Waals surface area contributed by atoms with Gasteiger partial charge in [0.2, 0.25) is 5.92 Å². The smallest absolute Gasteiger partial charge is 0.330 e. The molecule has 0 amide bonds. The van der Waals surface area contributed by atoms with Crippen LogP contribution in [0.3, 0.4) is 0 Å². The molecule has 5 nitrogen and oxygen atoms in total. The third kappa shape index (κ3) is 6.14. The number of hydrogen-bond donors (Lipinski definition) is 0. The van der Waals surface area contributed by atoms with E-state index in [1.807, 2.05) is 24.3 Å². The number of aromatic nitrogens is 1. The summed E-state index contributed by atoms with van der Waals surface area (Å²) < 4.78 is 44.0. The molecule has 0 N–H and O–H groups in total. The zero-order valence-corrected chi connectivity index (χ0v) is 16.5. The first-order valence-corrected chi connectivity index (χ1v) is 9.71. The standard InChI is InChI=1S/C23H23F2NO4/c1-2-22(27)29-13-5-10-23(24,25)9-4-12-28-19-8-7-17-14-20(30-21(17)15-19)18-6-3-11-26-16-18/h2-3,6-8,11,14-16H,1,4-5,9-10,12-13H2. The van der Waals surface area contributed by atoms with Crippen LogP contribution in [0.1, 0.15) is 25.7 Å². The summed E-state index contributed by atoms with van der Waals surface area (Å²) in [7, 11) is 0.